The fourth-order valence-corrected chi connectivity index (χ4v) is 2.45. The minimum Gasteiger partial charge on any atom is -0.369 e. The van der Waals surface area contributed by atoms with E-state index in [4.69, 9.17) is 11.5 Å². The molecule has 2 aromatic heterocycles. The number of primary amides is 1. The second-order valence-corrected chi connectivity index (χ2v) is 5.78. The largest absolute Gasteiger partial charge is 0.471 e. The van der Waals surface area contributed by atoms with Crippen LogP contribution in [-0.4, -0.2) is 37.9 Å². The number of hydrogen-bond acceptors (Lipinski definition) is 7. The third-order valence-corrected chi connectivity index (χ3v) is 3.76. The second kappa shape index (κ2) is 7.18. The van der Waals surface area contributed by atoms with Gasteiger partial charge in [0.2, 0.25) is 11.9 Å². The number of amides is 2. The van der Waals surface area contributed by atoms with Crippen LogP contribution in [-0.2, 0) is 11.3 Å². The topological polar surface area (TPSA) is 161 Å². The van der Waals surface area contributed by atoms with E-state index in [0.717, 1.165) is 18.3 Å². The number of fused-ring (bicyclic) bond motifs is 1. The van der Waals surface area contributed by atoms with Crippen LogP contribution >= 0.6 is 0 Å². The molecule has 5 N–H and O–H groups in total. The van der Waals surface area contributed by atoms with Crippen molar-refractivity contribution in [1.29, 1.82) is 0 Å². The van der Waals surface area contributed by atoms with E-state index in [0.29, 0.717) is 4.90 Å². The summed E-state index contributed by atoms with van der Waals surface area (Å²) in [5, 5.41) is 0. The zero-order chi connectivity index (χ0) is 21.3. The minimum atomic E-state index is -5.18. The van der Waals surface area contributed by atoms with E-state index in [1.807, 2.05) is 0 Å². The normalized spacial score (nSPS) is 11.4. The van der Waals surface area contributed by atoms with Crippen molar-refractivity contribution in [2.45, 2.75) is 12.7 Å². The molecule has 0 unspecified atom stereocenters. The Morgan fingerprint density at radius 3 is 2.38 bits per heavy atom. The number of aromatic amines is 1. The molecule has 3 rings (SSSR count). The maximum absolute atomic E-state index is 13.1. The average Bonchev–Trinajstić information content (AvgIpc) is 2.65. The van der Waals surface area contributed by atoms with Gasteiger partial charge in [-0.25, -0.2) is 9.97 Å². The zero-order valence-electron chi connectivity index (χ0n) is 14.4. The minimum absolute atomic E-state index is 0.0499. The van der Waals surface area contributed by atoms with Gasteiger partial charge < -0.3 is 11.5 Å². The van der Waals surface area contributed by atoms with Crippen LogP contribution in [0.4, 0.5) is 24.8 Å². The SMILES string of the molecule is NC(=O)c1ccc(N(Cc2cnc3nc(N)[nH]c(=O)c3n2)C(=O)C(F)(F)F)cc1. The van der Waals surface area contributed by atoms with Gasteiger partial charge in [-0.05, 0) is 24.3 Å². The van der Waals surface area contributed by atoms with Crippen LogP contribution in [0.1, 0.15) is 16.1 Å². The summed E-state index contributed by atoms with van der Waals surface area (Å²) in [6.07, 6.45) is -4.11. The Labute approximate surface area is 159 Å². The van der Waals surface area contributed by atoms with Crippen molar-refractivity contribution in [3.8, 4) is 0 Å². The lowest BCUT2D eigenvalue weighted by Crippen LogP contribution is -2.41. The van der Waals surface area contributed by atoms with Gasteiger partial charge in [-0.15, -0.1) is 0 Å². The summed E-state index contributed by atoms with van der Waals surface area (Å²) in [6.45, 7) is -0.652. The third-order valence-electron chi connectivity index (χ3n) is 3.76. The summed E-state index contributed by atoms with van der Waals surface area (Å²) >= 11 is 0. The molecule has 1 aromatic carbocycles. The van der Waals surface area contributed by atoms with Gasteiger partial charge in [-0.2, -0.15) is 18.2 Å². The first-order valence-electron chi connectivity index (χ1n) is 7.86. The highest BCUT2D eigenvalue weighted by Crippen LogP contribution is 2.25. The Balaban J connectivity index is 2.03. The lowest BCUT2D eigenvalue weighted by molar-refractivity contribution is -0.170. The molecule has 150 valence electrons. The summed E-state index contributed by atoms with van der Waals surface area (Å²) in [4.78, 5) is 49.1. The number of carbonyl (C=O) groups is 2. The van der Waals surface area contributed by atoms with E-state index in [-0.39, 0.29) is 34.1 Å². The van der Waals surface area contributed by atoms with Gasteiger partial charge in [0.1, 0.15) is 0 Å². The molecule has 0 bridgehead atoms. The van der Waals surface area contributed by atoms with Crippen molar-refractivity contribution in [3.05, 3.63) is 52.1 Å². The second-order valence-electron chi connectivity index (χ2n) is 5.78. The van der Waals surface area contributed by atoms with Crippen molar-refractivity contribution in [2.24, 2.45) is 5.73 Å². The van der Waals surface area contributed by atoms with Crippen LogP contribution in [0.15, 0.2) is 35.3 Å². The quantitative estimate of drug-likeness (QED) is 0.567. The first-order chi connectivity index (χ1) is 13.6. The van der Waals surface area contributed by atoms with Gasteiger partial charge in [0, 0.05) is 11.3 Å². The fourth-order valence-electron chi connectivity index (χ4n) is 2.45. The number of nitrogen functional groups attached to an aromatic ring is 1. The summed E-state index contributed by atoms with van der Waals surface area (Å²) in [5.41, 5.74) is 9.19. The summed E-state index contributed by atoms with van der Waals surface area (Å²) in [6, 6.07) is 4.62. The van der Waals surface area contributed by atoms with E-state index in [2.05, 4.69) is 19.9 Å². The average molecular weight is 407 g/mol. The maximum atomic E-state index is 13.1. The van der Waals surface area contributed by atoms with Crippen LogP contribution in [0, 0.1) is 0 Å². The van der Waals surface area contributed by atoms with Gasteiger partial charge in [0.25, 0.3) is 5.56 Å². The highest BCUT2D eigenvalue weighted by atomic mass is 19.4. The Kier molecular flexibility index (Phi) is 4.88. The number of nitrogens with one attached hydrogen (secondary N) is 1. The maximum Gasteiger partial charge on any atom is 0.471 e. The predicted molar refractivity (Wildman–Crippen MR) is 94.6 cm³/mol. The van der Waals surface area contributed by atoms with Gasteiger partial charge in [-0.3, -0.25) is 24.3 Å². The Bertz CT molecular complexity index is 1160. The summed E-state index contributed by atoms with van der Waals surface area (Å²) < 4.78 is 39.2. The monoisotopic (exact) mass is 407 g/mol. The molecule has 2 amide bonds. The Hall–Kier alpha value is -4.03. The number of nitrogens with zero attached hydrogens (tertiary/aromatic N) is 4. The van der Waals surface area contributed by atoms with E-state index in [1.54, 1.807) is 0 Å². The van der Waals surface area contributed by atoms with Crippen LogP contribution < -0.4 is 21.9 Å². The number of benzene rings is 1. The molecule has 0 fully saturated rings. The van der Waals surface area contributed by atoms with Crippen LogP contribution in [0.2, 0.25) is 0 Å². The molecule has 13 heteroatoms. The van der Waals surface area contributed by atoms with Gasteiger partial charge in [0.15, 0.2) is 11.2 Å². The smallest absolute Gasteiger partial charge is 0.369 e. The molecular weight excluding hydrogens is 395 g/mol. The molecular formula is C16H12F3N7O3. The van der Waals surface area contributed by atoms with Crippen molar-refractivity contribution < 1.29 is 22.8 Å². The zero-order valence-corrected chi connectivity index (χ0v) is 14.4. The van der Waals surface area contributed by atoms with E-state index >= 15 is 0 Å². The van der Waals surface area contributed by atoms with Crippen LogP contribution in [0.25, 0.3) is 11.2 Å². The Morgan fingerprint density at radius 2 is 1.79 bits per heavy atom. The van der Waals surface area contributed by atoms with E-state index in [9.17, 15) is 27.6 Å². The summed E-state index contributed by atoms with van der Waals surface area (Å²) in [5.74, 6) is -3.15. The fraction of sp³-hybridized carbons (Fsp3) is 0.125. The van der Waals surface area contributed by atoms with Crippen LogP contribution in [0.5, 0.6) is 0 Å². The third kappa shape index (κ3) is 4.12. The van der Waals surface area contributed by atoms with E-state index < -0.39 is 30.1 Å². The van der Waals surface area contributed by atoms with Crippen molar-refractivity contribution in [3.63, 3.8) is 0 Å². The molecule has 0 saturated carbocycles. The van der Waals surface area contributed by atoms with Crippen molar-refractivity contribution in [1.82, 2.24) is 19.9 Å². The number of rotatable bonds is 4. The van der Waals surface area contributed by atoms with Crippen molar-refractivity contribution >= 4 is 34.6 Å². The molecule has 0 spiro atoms. The number of hydrogen-bond donors (Lipinski definition) is 3. The Morgan fingerprint density at radius 1 is 1.14 bits per heavy atom. The molecule has 0 aliphatic carbocycles. The van der Waals surface area contributed by atoms with E-state index in [1.165, 1.54) is 12.1 Å². The number of H-pyrrole nitrogens is 1. The number of anilines is 2. The van der Waals surface area contributed by atoms with Gasteiger partial charge in [-0.1, -0.05) is 0 Å². The first-order valence-corrected chi connectivity index (χ1v) is 7.86. The lowest BCUT2D eigenvalue weighted by Gasteiger charge is -2.23. The molecule has 0 aliphatic heterocycles. The summed E-state index contributed by atoms with van der Waals surface area (Å²) in [7, 11) is 0. The van der Waals surface area contributed by atoms with Crippen molar-refractivity contribution in [2.75, 3.05) is 10.6 Å². The highest BCUT2D eigenvalue weighted by molar-refractivity contribution is 5.98. The number of halogens is 3. The predicted octanol–water partition coefficient (Wildman–Crippen LogP) is 0.490. The number of nitrogens with two attached hydrogens (primary N) is 2. The van der Waals surface area contributed by atoms with Gasteiger partial charge >= 0.3 is 12.1 Å². The standard InChI is InChI=1S/C16H12F3N7O3/c17-16(18,19)14(29)26(9-3-1-7(2-4-9)11(20)27)6-8-5-22-12-10(23-8)13(28)25-15(21)24-12/h1-5H,6H2,(H2,20,27)(H3,21,22,24,25,28). The lowest BCUT2D eigenvalue weighted by atomic mass is 10.2. The molecule has 29 heavy (non-hydrogen) atoms. The number of carbonyl (C=O) groups excluding carboxylic acids is 2. The van der Waals surface area contributed by atoms with Crippen LogP contribution in [0.3, 0.4) is 0 Å². The highest BCUT2D eigenvalue weighted by Gasteiger charge is 2.43. The number of alkyl halides is 3. The first kappa shape index (κ1) is 19.7. The molecule has 10 nitrogen and oxygen atoms in total. The molecule has 2 heterocycles. The molecule has 0 saturated heterocycles. The number of aromatic nitrogens is 4. The molecule has 3 aromatic rings. The molecule has 0 radical (unpaired) electrons. The molecule has 0 atom stereocenters. The molecule has 0 aliphatic rings. The van der Waals surface area contributed by atoms with Gasteiger partial charge in [0.05, 0.1) is 18.4 Å².